The van der Waals surface area contributed by atoms with E-state index in [1.807, 2.05) is 60.7 Å². The second-order valence-electron chi connectivity index (χ2n) is 11.0. The molecule has 0 fully saturated rings. The molecule has 2 N–H and O–H groups in total. The maximum absolute atomic E-state index is 13.0. The maximum Gasteiger partial charge on any atom is 0.408 e. The number of carbonyl (C=O) groups is 3. The zero-order chi connectivity index (χ0) is 31.4. The first-order valence-corrected chi connectivity index (χ1v) is 14.2. The van der Waals surface area contributed by atoms with Gasteiger partial charge in [-0.3, -0.25) is 9.63 Å². The summed E-state index contributed by atoms with van der Waals surface area (Å²) in [5.74, 6) is 0.150. The van der Waals surface area contributed by atoms with E-state index in [9.17, 15) is 14.4 Å². The van der Waals surface area contributed by atoms with Crippen molar-refractivity contribution in [3.05, 3.63) is 131 Å². The molecule has 0 saturated carbocycles. The number of amides is 2. The average Bonchev–Trinajstić information content (AvgIpc) is 3.01. The number of carbonyl (C=O) groups excluding carboxylic acids is 3. The summed E-state index contributed by atoms with van der Waals surface area (Å²) in [6, 6.07) is 31.6. The summed E-state index contributed by atoms with van der Waals surface area (Å²) < 4.78 is 16.8. The number of hydrogen-bond acceptors (Lipinski definition) is 7. The third kappa shape index (κ3) is 10.6. The van der Waals surface area contributed by atoms with Crippen LogP contribution in [0.2, 0.25) is 0 Å². The second kappa shape index (κ2) is 15.4. The Balaban J connectivity index is 1.32. The average molecular weight is 597 g/mol. The molecule has 0 aliphatic carbocycles. The first-order chi connectivity index (χ1) is 21.1. The Morgan fingerprint density at radius 2 is 1.23 bits per heavy atom. The van der Waals surface area contributed by atoms with Crippen molar-refractivity contribution in [3.8, 4) is 11.5 Å². The van der Waals surface area contributed by atoms with E-state index in [0.29, 0.717) is 17.1 Å². The molecular formula is C35H36N2O7. The van der Waals surface area contributed by atoms with Crippen LogP contribution in [0, 0.1) is 0 Å². The van der Waals surface area contributed by atoms with E-state index < -0.39 is 23.7 Å². The molecule has 0 aliphatic rings. The molecule has 4 rings (SSSR count). The monoisotopic (exact) mass is 596 g/mol. The molecule has 0 spiro atoms. The van der Waals surface area contributed by atoms with Crippen LogP contribution in [-0.4, -0.2) is 29.6 Å². The van der Waals surface area contributed by atoms with Gasteiger partial charge in [-0.15, -0.1) is 0 Å². The van der Waals surface area contributed by atoms with Crippen LogP contribution in [0.4, 0.5) is 4.79 Å². The van der Waals surface area contributed by atoms with Gasteiger partial charge in [-0.1, -0.05) is 72.8 Å². The fraction of sp³-hybridized carbons (Fsp3) is 0.229. The Labute approximate surface area is 257 Å². The Bertz CT molecular complexity index is 1500. The van der Waals surface area contributed by atoms with Gasteiger partial charge in [0.15, 0.2) is 0 Å². The highest BCUT2D eigenvalue weighted by Gasteiger charge is 2.26. The minimum atomic E-state index is -0.962. The molecule has 9 heteroatoms. The van der Waals surface area contributed by atoms with Gasteiger partial charge in [0.05, 0.1) is 6.61 Å². The summed E-state index contributed by atoms with van der Waals surface area (Å²) in [5, 5.41) is 2.64. The standard InChI is InChI=1S/C35H36N2O7/c1-35(2,3)44-34(40)36-31(33(39)41-23-26-10-6-4-7-11-26)22-25-14-18-29(19-15-25)43-30-20-16-28(17-21-30)32(38)37-42-24-27-12-8-5-9-13-27/h4-21,31H,22-24H2,1-3H3,(H,36,40)(H,37,38)/t31-/m0/s1. The molecule has 228 valence electrons. The molecule has 9 nitrogen and oxygen atoms in total. The van der Waals surface area contributed by atoms with Crippen molar-refractivity contribution in [1.29, 1.82) is 0 Å². The highest BCUT2D eigenvalue weighted by atomic mass is 16.6. The van der Waals surface area contributed by atoms with Gasteiger partial charge in [-0.05, 0) is 73.9 Å². The van der Waals surface area contributed by atoms with Gasteiger partial charge < -0.3 is 19.5 Å². The van der Waals surface area contributed by atoms with Crippen LogP contribution in [0.15, 0.2) is 109 Å². The van der Waals surface area contributed by atoms with Crippen LogP contribution < -0.4 is 15.5 Å². The molecule has 0 unspecified atom stereocenters. The summed E-state index contributed by atoms with van der Waals surface area (Å²) in [4.78, 5) is 43.1. The third-order valence-electron chi connectivity index (χ3n) is 6.16. The van der Waals surface area contributed by atoms with E-state index in [0.717, 1.165) is 16.7 Å². The lowest BCUT2D eigenvalue weighted by atomic mass is 10.1. The smallest absolute Gasteiger partial charge is 0.408 e. The maximum atomic E-state index is 13.0. The molecule has 0 radical (unpaired) electrons. The quantitative estimate of drug-likeness (QED) is 0.141. The summed E-state index contributed by atoms with van der Waals surface area (Å²) in [5.41, 5.74) is 4.69. The van der Waals surface area contributed by atoms with Gasteiger partial charge in [0.1, 0.15) is 29.7 Å². The predicted octanol–water partition coefficient (Wildman–Crippen LogP) is 6.52. The molecule has 0 aromatic heterocycles. The number of hydroxylamine groups is 1. The molecule has 0 bridgehead atoms. The van der Waals surface area contributed by atoms with Crippen molar-refractivity contribution in [2.45, 2.75) is 52.0 Å². The van der Waals surface area contributed by atoms with E-state index in [4.69, 9.17) is 19.0 Å². The lowest BCUT2D eigenvalue weighted by Gasteiger charge is -2.23. The lowest BCUT2D eigenvalue weighted by Crippen LogP contribution is -2.45. The lowest BCUT2D eigenvalue weighted by molar-refractivity contribution is -0.147. The Hall–Kier alpha value is -5.15. The van der Waals surface area contributed by atoms with E-state index in [-0.39, 0.29) is 25.5 Å². The van der Waals surface area contributed by atoms with Crippen molar-refractivity contribution < 1.29 is 33.4 Å². The Morgan fingerprint density at radius 1 is 0.682 bits per heavy atom. The molecule has 4 aromatic carbocycles. The molecule has 44 heavy (non-hydrogen) atoms. The van der Waals surface area contributed by atoms with Crippen molar-refractivity contribution in [2.24, 2.45) is 0 Å². The SMILES string of the molecule is CC(C)(C)OC(=O)N[C@@H](Cc1ccc(Oc2ccc(C(=O)NOCc3ccccc3)cc2)cc1)C(=O)OCc1ccccc1. The van der Waals surface area contributed by atoms with Crippen molar-refractivity contribution >= 4 is 18.0 Å². The first kappa shape index (κ1) is 31.8. The van der Waals surface area contributed by atoms with Gasteiger partial charge in [-0.25, -0.2) is 15.1 Å². The largest absolute Gasteiger partial charge is 0.459 e. The predicted molar refractivity (Wildman–Crippen MR) is 165 cm³/mol. The zero-order valence-corrected chi connectivity index (χ0v) is 24.9. The summed E-state index contributed by atoms with van der Waals surface area (Å²) in [6.45, 7) is 5.59. The number of ether oxygens (including phenoxy) is 3. The molecule has 2 amide bonds. The highest BCUT2D eigenvalue weighted by Crippen LogP contribution is 2.23. The molecule has 4 aromatic rings. The normalized spacial score (nSPS) is 11.6. The van der Waals surface area contributed by atoms with Crippen LogP contribution in [0.3, 0.4) is 0 Å². The van der Waals surface area contributed by atoms with Gasteiger partial charge in [0.25, 0.3) is 5.91 Å². The van der Waals surface area contributed by atoms with Crippen molar-refractivity contribution in [1.82, 2.24) is 10.8 Å². The zero-order valence-electron chi connectivity index (χ0n) is 24.9. The molecule has 0 heterocycles. The Kier molecular flexibility index (Phi) is 11.1. The topological polar surface area (TPSA) is 112 Å². The van der Waals surface area contributed by atoms with Crippen molar-refractivity contribution in [3.63, 3.8) is 0 Å². The van der Waals surface area contributed by atoms with Crippen LogP contribution in [-0.2, 0) is 38.7 Å². The molecule has 1 atom stereocenters. The van der Waals surface area contributed by atoms with Crippen molar-refractivity contribution in [2.75, 3.05) is 0 Å². The van der Waals surface area contributed by atoms with Crippen LogP contribution >= 0.6 is 0 Å². The first-order valence-electron chi connectivity index (χ1n) is 14.2. The van der Waals surface area contributed by atoms with Gasteiger partial charge in [-0.2, -0.15) is 0 Å². The third-order valence-corrected chi connectivity index (χ3v) is 6.16. The molecule has 0 saturated heterocycles. The number of esters is 1. The van der Waals surface area contributed by atoms with Crippen LogP contribution in [0.25, 0.3) is 0 Å². The fourth-order valence-corrected chi connectivity index (χ4v) is 4.03. The van der Waals surface area contributed by atoms with Crippen LogP contribution in [0.1, 0.15) is 47.8 Å². The highest BCUT2D eigenvalue weighted by molar-refractivity contribution is 5.93. The summed E-state index contributed by atoms with van der Waals surface area (Å²) in [6.07, 6.45) is -0.525. The summed E-state index contributed by atoms with van der Waals surface area (Å²) in [7, 11) is 0. The van der Waals surface area contributed by atoms with E-state index >= 15 is 0 Å². The van der Waals surface area contributed by atoms with E-state index in [1.54, 1.807) is 69.3 Å². The fourth-order valence-electron chi connectivity index (χ4n) is 4.03. The molecule has 0 aliphatic heterocycles. The number of rotatable bonds is 12. The number of nitrogens with one attached hydrogen (secondary N) is 2. The number of alkyl carbamates (subject to hydrolysis) is 1. The second-order valence-corrected chi connectivity index (χ2v) is 11.0. The number of hydrogen-bond donors (Lipinski definition) is 2. The van der Waals surface area contributed by atoms with E-state index in [2.05, 4.69) is 10.8 Å². The van der Waals surface area contributed by atoms with Gasteiger partial charge >= 0.3 is 12.1 Å². The minimum Gasteiger partial charge on any atom is -0.459 e. The van der Waals surface area contributed by atoms with E-state index in [1.165, 1.54) is 0 Å². The number of benzene rings is 4. The van der Waals surface area contributed by atoms with Gasteiger partial charge in [0, 0.05) is 12.0 Å². The summed E-state index contributed by atoms with van der Waals surface area (Å²) >= 11 is 0. The Morgan fingerprint density at radius 3 is 1.80 bits per heavy atom. The minimum absolute atomic E-state index is 0.0834. The van der Waals surface area contributed by atoms with Gasteiger partial charge in [0.2, 0.25) is 0 Å². The molecular weight excluding hydrogens is 560 g/mol. The van der Waals surface area contributed by atoms with Crippen LogP contribution in [0.5, 0.6) is 11.5 Å².